The van der Waals surface area contributed by atoms with Crippen molar-refractivity contribution in [3.05, 3.63) is 63.1 Å². The van der Waals surface area contributed by atoms with Crippen molar-refractivity contribution >= 4 is 15.9 Å². The Labute approximate surface area is 135 Å². The van der Waals surface area contributed by atoms with E-state index in [9.17, 15) is 0 Å². The summed E-state index contributed by atoms with van der Waals surface area (Å²) in [6.45, 7) is 6.79. The van der Waals surface area contributed by atoms with E-state index in [0.717, 1.165) is 22.2 Å². The van der Waals surface area contributed by atoms with Crippen molar-refractivity contribution in [3.8, 4) is 5.75 Å². The molecular weight excluding hydrogens is 326 g/mol. The Hall–Kier alpha value is -1.32. The number of benzene rings is 2. The molecule has 0 amide bonds. The second kappa shape index (κ2) is 7.10. The molecule has 1 atom stereocenters. The van der Waals surface area contributed by atoms with Crippen LogP contribution in [0, 0.1) is 13.8 Å². The predicted octanol–water partition coefficient (Wildman–Crippen LogP) is 4.53. The van der Waals surface area contributed by atoms with Gasteiger partial charge in [-0.2, -0.15) is 0 Å². The second-order valence-electron chi connectivity index (χ2n) is 5.69. The van der Waals surface area contributed by atoms with Gasteiger partial charge in [0.1, 0.15) is 12.4 Å². The summed E-state index contributed by atoms with van der Waals surface area (Å²) in [5.74, 6) is 0.897. The fraction of sp³-hybridized carbons (Fsp3) is 0.333. The molecule has 3 heteroatoms. The highest BCUT2D eigenvalue weighted by Gasteiger charge is 2.10. The van der Waals surface area contributed by atoms with Gasteiger partial charge in [0.2, 0.25) is 0 Å². The van der Waals surface area contributed by atoms with Crippen molar-refractivity contribution in [1.82, 2.24) is 0 Å². The third-order valence-electron chi connectivity index (χ3n) is 3.26. The lowest BCUT2D eigenvalue weighted by Gasteiger charge is -2.15. The number of hydrogen-bond acceptors (Lipinski definition) is 2. The summed E-state index contributed by atoms with van der Waals surface area (Å²) in [5, 5.41) is 0. The average molecular weight is 348 g/mol. The Balaban J connectivity index is 2.19. The molecule has 1 unspecified atom stereocenters. The lowest BCUT2D eigenvalue weighted by Crippen LogP contribution is -2.18. The van der Waals surface area contributed by atoms with E-state index in [1.54, 1.807) is 0 Å². The zero-order valence-corrected chi connectivity index (χ0v) is 14.4. The van der Waals surface area contributed by atoms with Crippen LogP contribution in [0.25, 0.3) is 0 Å². The summed E-state index contributed by atoms with van der Waals surface area (Å²) in [7, 11) is 0. The lowest BCUT2D eigenvalue weighted by molar-refractivity contribution is 0.300. The maximum atomic E-state index is 6.06. The van der Waals surface area contributed by atoms with Gasteiger partial charge in [0.15, 0.2) is 0 Å². The summed E-state index contributed by atoms with van der Waals surface area (Å²) in [4.78, 5) is 0. The number of aryl methyl sites for hydroxylation is 2. The molecule has 0 aliphatic carbocycles. The maximum Gasteiger partial charge on any atom is 0.137 e. The maximum absolute atomic E-state index is 6.06. The van der Waals surface area contributed by atoms with E-state index in [4.69, 9.17) is 10.5 Å². The number of halogens is 1. The fourth-order valence-corrected chi connectivity index (χ4v) is 3.05. The molecule has 2 aromatic rings. The fourth-order valence-electron chi connectivity index (χ4n) is 2.53. The van der Waals surface area contributed by atoms with Gasteiger partial charge in [-0.1, -0.05) is 41.5 Å². The summed E-state index contributed by atoms with van der Waals surface area (Å²) >= 11 is 3.57. The molecule has 2 N–H and O–H groups in total. The SMILES string of the molecule is Cc1cc(C)cc(COc2c(Br)cccc2CC(C)N)c1. The molecule has 21 heavy (non-hydrogen) atoms. The van der Waals surface area contributed by atoms with E-state index < -0.39 is 0 Å². The van der Waals surface area contributed by atoms with Gasteiger partial charge in [0, 0.05) is 6.04 Å². The predicted molar refractivity (Wildman–Crippen MR) is 91.7 cm³/mol. The Morgan fingerprint density at radius 3 is 2.43 bits per heavy atom. The Kier molecular flexibility index (Phi) is 5.43. The lowest BCUT2D eigenvalue weighted by atomic mass is 10.1. The van der Waals surface area contributed by atoms with Crippen LogP contribution in [0.2, 0.25) is 0 Å². The quantitative estimate of drug-likeness (QED) is 0.861. The first-order valence-electron chi connectivity index (χ1n) is 7.18. The molecule has 2 rings (SSSR count). The second-order valence-corrected chi connectivity index (χ2v) is 6.55. The van der Waals surface area contributed by atoms with Crippen LogP contribution in [0.1, 0.15) is 29.2 Å². The molecule has 0 aromatic heterocycles. The van der Waals surface area contributed by atoms with Crippen molar-refractivity contribution in [2.75, 3.05) is 0 Å². The van der Waals surface area contributed by atoms with Crippen LogP contribution in [0.5, 0.6) is 5.75 Å². The molecule has 0 saturated heterocycles. The van der Waals surface area contributed by atoms with Gasteiger partial charge in [0.05, 0.1) is 4.47 Å². The van der Waals surface area contributed by atoms with Crippen LogP contribution in [0.3, 0.4) is 0 Å². The van der Waals surface area contributed by atoms with Crippen LogP contribution in [-0.2, 0) is 13.0 Å². The highest BCUT2D eigenvalue weighted by molar-refractivity contribution is 9.10. The van der Waals surface area contributed by atoms with Crippen LogP contribution in [0.15, 0.2) is 40.9 Å². The van der Waals surface area contributed by atoms with E-state index in [2.05, 4.69) is 54.0 Å². The summed E-state index contributed by atoms with van der Waals surface area (Å²) < 4.78 is 7.04. The third-order valence-corrected chi connectivity index (χ3v) is 3.88. The molecule has 0 fully saturated rings. The van der Waals surface area contributed by atoms with Gasteiger partial charge in [0.25, 0.3) is 0 Å². The first-order chi connectivity index (χ1) is 9.95. The van der Waals surface area contributed by atoms with Crippen LogP contribution in [-0.4, -0.2) is 6.04 Å². The molecular formula is C18H22BrNO. The van der Waals surface area contributed by atoms with Gasteiger partial charge in [-0.3, -0.25) is 0 Å². The monoisotopic (exact) mass is 347 g/mol. The summed E-state index contributed by atoms with van der Waals surface area (Å²) in [6.07, 6.45) is 0.807. The van der Waals surface area contributed by atoms with Gasteiger partial charge in [-0.05, 0) is 60.3 Å². The van der Waals surface area contributed by atoms with E-state index in [1.165, 1.54) is 16.7 Å². The van der Waals surface area contributed by atoms with Gasteiger partial charge < -0.3 is 10.5 Å². The Morgan fingerprint density at radius 1 is 1.14 bits per heavy atom. The van der Waals surface area contributed by atoms with Gasteiger partial charge >= 0.3 is 0 Å². The smallest absolute Gasteiger partial charge is 0.137 e. The van der Waals surface area contributed by atoms with E-state index in [0.29, 0.717) is 6.61 Å². The number of ether oxygens (including phenoxy) is 1. The minimum Gasteiger partial charge on any atom is -0.487 e. The molecule has 2 aromatic carbocycles. The molecule has 0 heterocycles. The van der Waals surface area contributed by atoms with Crippen molar-refractivity contribution in [2.24, 2.45) is 5.73 Å². The molecule has 112 valence electrons. The molecule has 0 saturated carbocycles. The summed E-state index contributed by atoms with van der Waals surface area (Å²) in [6, 6.07) is 12.7. The average Bonchev–Trinajstić information content (AvgIpc) is 2.36. The molecule has 0 bridgehead atoms. The molecule has 0 aliphatic rings. The minimum atomic E-state index is 0.114. The minimum absolute atomic E-state index is 0.114. The zero-order valence-electron chi connectivity index (χ0n) is 12.8. The highest BCUT2D eigenvalue weighted by atomic mass is 79.9. The number of rotatable bonds is 5. The van der Waals surface area contributed by atoms with Crippen molar-refractivity contribution in [1.29, 1.82) is 0 Å². The van der Waals surface area contributed by atoms with Crippen LogP contribution in [0.4, 0.5) is 0 Å². The largest absolute Gasteiger partial charge is 0.487 e. The topological polar surface area (TPSA) is 35.2 Å². The molecule has 2 nitrogen and oxygen atoms in total. The Morgan fingerprint density at radius 2 is 1.81 bits per heavy atom. The Bertz CT molecular complexity index is 602. The molecule has 0 spiro atoms. The van der Waals surface area contributed by atoms with E-state index >= 15 is 0 Å². The first-order valence-corrected chi connectivity index (χ1v) is 7.98. The highest BCUT2D eigenvalue weighted by Crippen LogP contribution is 2.30. The van der Waals surface area contributed by atoms with Crippen LogP contribution < -0.4 is 10.5 Å². The molecule has 0 aliphatic heterocycles. The molecule has 0 radical (unpaired) electrons. The van der Waals surface area contributed by atoms with Crippen LogP contribution >= 0.6 is 15.9 Å². The third kappa shape index (κ3) is 4.58. The van der Waals surface area contributed by atoms with Crippen molar-refractivity contribution in [2.45, 2.75) is 39.8 Å². The number of hydrogen-bond donors (Lipinski definition) is 1. The summed E-state index contributed by atoms with van der Waals surface area (Å²) in [5.41, 5.74) is 10.8. The van der Waals surface area contributed by atoms with E-state index in [-0.39, 0.29) is 6.04 Å². The number of nitrogens with two attached hydrogens (primary N) is 1. The normalized spacial score (nSPS) is 12.2. The van der Waals surface area contributed by atoms with E-state index in [1.807, 2.05) is 19.1 Å². The van der Waals surface area contributed by atoms with Gasteiger partial charge in [-0.15, -0.1) is 0 Å². The first kappa shape index (κ1) is 16.1. The zero-order chi connectivity index (χ0) is 15.4. The standard InChI is InChI=1S/C18H22BrNO/c1-12-7-13(2)9-15(8-12)11-21-18-16(10-14(3)20)5-4-6-17(18)19/h4-9,14H,10-11,20H2,1-3H3. The van der Waals surface area contributed by atoms with Gasteiger partial charge in [-0.25, -0.2) is 0 Å². The van der Waals surface area contributed by atoms with Crippen molar-refractivity contribution in [3.63, 3.8) is 0 Å². The van der Waals surface area contributed by atoms with Crippen molar-refractivity contribution < 1.29 is 4.74 Å². The number of para-hydroxylation sites is 1.